The van der Waals surface area contributed by atoms with Crippen LogP contribution in [0.2, 0.25) is 5.02 Å². The molecule has 0 radical (unpaired) electrons. The predicted molar refractivity (Wildman–Crippen MR) is 116 cm³/mol. The maximum absolute atomic E-state index is 12.8. The third-order valence-electron chi connectivity index (χ3n) is 5.57. The number of rotatable bonds is 3. The monoisotopic (exact) mass is 473 g/mol. The fraction of sp³-hybridized carbons (Fsp3) is 0.400. The Bertz CT molecular complexity index is 988. The van der Waals surface area contributed by atoms with Crippen LogP contribution in [0.1, 0.15) is 28.4 Å². The third-order valence-corrected chi connectivity index (χ3v) is 6.52. The lowest BCUT2D eigenvalue weighted by Crippen LogP contribution is -2.60. The number of aromatic nitrogens is 1. The minimum Gasteiger partial charge on any atom is -0.332 e. The van der Waals surface area contributed by atoms with Crippen LogP contribution in [-0.4, -0.2) is 38.4 Å². The molecule has 0 saturated carbocycles. The summed E-state index contributed by atoms with van der Waals surface area (Å²) < 4.78 is 0.0990. The van der Waals surface area contributed by atoms with Crippen LogP contribution in [-0.2, 0) is 6.54 Å². The molecule has 2 aliphatic heterocycles. The molecule has 9 heteroatoms. The van der Waals surface area contributed by atoms with E-state index < -0.39 is 15.9 Å². The molecule has 3 heterocycles. The van der Waals surface area contributed by atoms with E-state index in [-0.39, 0.29) is 17.4 Å². The predicted octanol–water partition coefficient (Wildman–Crippen LogP) is 4.05. The lowest BCUT2D eigenvalue weighted by atomic mass is 9.83. The Kier molecular flexibility index (Phi) is 5.88. The maximum Gasteiger partial charge on any atom is 0.254 e. The summed E-state index contributed by atoms with van der Waals surface area (Å²) in [4.78, 5) is 27.0. The van der Waals surface area contributed by atoms with E-state index in [4.69, 9.17) is 46.4 Å². The van der Waals surface area contributed by atoms with E-state index >= 15 is 0 Å². The molecular weight excluding hydrogens is 456 g/mol. The molecule has 1 N–H and O–H groups in total. The van der Waals surface area contributed by atoms with Crippen molar-refractivity contribution in [1.29, 1.82) is 0 Å². The minimum absolute atomic E-state index is 0.00981. The van der Waals surface area contributed by atoms with E-state index in [1.807, 2.05) is 15.5 Å². The Morgan fingerprint density at radius 2 is 1.83 bits per heavy atom. The van der Waals surface area contributed by atoms with E-state index in [9.17, 15) is 9.59 Å². The number of carbonyl (C=O) groups excluding carboxylic acids is 1. The minimum atomic E-state index is -1.74. The van der Waals surface area contributed by atoms with Crippen LogP contribution in [0.3, 0.4) is 0 Å². The number of benzene rings is 1. The van der Waals surface area contributed by atoms with Crippen molar-refractivity contribution < 1.29 is 4.79 Å². The summed E-state index contributed by atoms with van der Waals surface area (Å²) >= 11 is 25.0. The highest BCUT2D eigenvalue weighted by Crippen LogP contribution is 2.40. The molecule has 154 valence electrons. The first kappa shape index (κ1) is 21.0. The van der Waals surface area contributed by atoms with Gasteiger partial charge < -0.3 is 9.88 Å². The lowest BCUT2D eigenvalue weighted by molar-refractivity contribution is 0.0586. The number of fused-ring (bicyclic) bond motifs is 4. The number of nitrogens with one attached hydrogen (secondary N) is 1. The van der Waals surface area contributed by atoms with Crippen LogP contribution < -0.4 is 10.9 Å². The van der Waals surface area contributed by atoms with Gasteiger partial charge in [-0.05, 0) is 30.5 Å². The van der Waals surface area contributed by atoms with E-state index in [2.05, 4.69) is 5.32 Å². The first-order chi connectivity index (χ1) is 13.7. The summed E-state index contributed by atoms with van der Waals surface area (Å²) in [7, 11) is 0. The number of piperidine rings is 1. The molecule has 29 heavy (non-hydrogen) atoms. The highest BCUT2D eigenvalue weighted by Gasteiger charge is 2.44. The topological polar surface area (TPSA) is 54.3 Å². The Morgan fingerprint density at radius 1 is 1.07 bits per heavy atom. The van der Waals surface area contributed by atoms with Gasteiger partial charge in [0.25, 0.3) is 11.5 Å². The zero-order valence-electron chi connectivity index (χ0n) is 15.3. The molecule has 2 aliphatic rings. The molecule has 5 nitrogen and oxygen atoms in total. The van der Waals surface area contributed by atoms with E-state index in [0.717, 1.165) is 12.1 Å². The van der Waals surface area contributed by atoms with E-state index in [1.54, 1.807) is 36.4 Å². The highest BCUT2D eigenvalue weighted by molar-refractivity contribution is 6.68. The second-order valence-corrected chi connectivity index (χ2v) is 10.3. The molecule has 2 aromatic rings. The van der Waals surface area contributed by atoms with E-state index in [0.29, 0.717) is 30.2 Å². The molecule has 0 aliphatic carbocycles. The van der Waals surface area contributed by atoms with Crippen molar-refractivity contribution in [3.05, 3.63) is 69.1 Å². The smallest absolute Gasteiger partial charge is 0.254 e. The summed E-state index contributed by atoms with van der Waals surface area (Å²) in [6.45, 7) is 1.80. The first-order valence-corrected chi connectivity index (χ1v) is 10.8. The van der Waals surface area contributed by atoms with Crippen LogP contribution in [0.4, 0.5) is 0 Å². The van der Waals surface area contributed by atoms with Crippen molar-refractivity contribution in [3.8, 4) is 0 Å². The summed E-state index contributed by atoms with van der Waals surface area (Å²) in [5.41, 5.74) is 1.32. The van der Waals surface area contributed by atoms with Crippen molar-refractivity contribution >= 4 is 52.3 Å². The molecule has 1 aromatic heterocycles. The van der Waals surface area contributed by atoms with Gasteiger partial charge in [0.15, 0.2) is 0 Å². The van der Waals surface area contributed by atoms with E-state index in [1.165, 1.54) is 0 Å². The van der Waals surface area contributed by atoms with Gasteiger partial charge in [-0.25, -0.2) is 0 Å². The highest BCUT2D eigenvalue weighted by atomic mass is 35.6. The lowest BCUT2D eigenvalue weighted by Gasteiger charge is -2.47. The van der Waals surface area contributed by atoms with Gasteiger partial charge >= 0.3 is 0 Å². The van der Waals surface area contributed by atoms with Gasteiger partial charge in [0, 0.05) is 37.3 Å². The normalized spacial score (nSPS) is 22.6. The zero-order valence-corrected chi connectivity index (χ0v) is 18.3. The molecule has 2 unspecified atom stereocenters. The number of likely N-dealkylation sites (tertiary alicyclic amines) is 1. The molecule has 1 aromatic carbocycles. The fourth-order valence-electron chi connectivity index (χ4n) is 4.37. The number of halogens is 4. The van der Waals surface area contributed by atoms with Crippen LogP contribution in [0.15, 0.2) is 47.3 Å². The molecule has 3 atom stereocenters. The number of nitrogens with zero attached hydrogens (tertiary/aromatic N) is 2. The first-order valence-electron chi connectivity index (χ1n) is 9.30. The third kappa shape index (κ3) is 4.30. The van der Waals surface area contributed by atoms with Gasteiger partial charge in [-0.15, -0.1) is 0 Å². The number of hydrogen-bond acceptors (Lipinski definition) is 3. The van der Waals surface area contributed by atoms with Crippen molar-refractivity contribution in [3.63, 3.8) is 0 Å². The van der Waals surface area contributed by atoms with Gasteiger partial charge in [0.1, 0.15) is 6.17 Å². The molecule has 0 spiro atoms. The number of pyridine rings is 1. The Hall–Kier alpha value is -1.24. The summed E-state index contributed by atoms with van der Waals surface area (Å²) in [6.07, 6.45) is 0.133. The summed E-state index contributed by atoms with van der Waals surface area (Å²) in [5.74, 6) is -0.0452. The maximum atomic E-state index is 12.8. The number of hydrogen-bond donors (Lipinski definition) is 1. The van der Waals surface area contributed by atoms with Gasteiger partial charge in [0.05, 0.1) is 10.6 Å². The fourth-order valence-corrected chi connectivity index (χ4v) is 5.17. The quantitative estimate of drug-likeness (QED) is 0.682. The largest absolute Gasteiger partial charge is 0.332 e. The van der Waals surface area contributed by atoms with Gasteiger partial charge in [0.2, 0.25) is 3.79 Å². The molecule has 1 saturated heterocycles. The van der Waals surface area contributed by atoms with Crippen LogP contribution >= 0.6 is 46.4 Å². The number of carbonyl (C=O) groups is 1. The molecule has 1 fully saturated rings. The van der Waals surface area contributed by atoms with Gasteiger partial charge in [-0.1, -0.05) is 64.6 Å². The Labute approximate surface area is 188 Å². The molecule has 4 rings (SSSR count). The number of amides is 1. The molecule has 2 bridgehead atoms. The second kappa shape index (κ2) is 8.12. The average molecular weight is 475 g/mol. The van der Waals surface area contributed by atoms with Crippen molar-refractivity contribution in [2.75, 3.05) is 13.1 Å². The average Bonchev–Trinajstić information content (AvgIpc) is 2.66. The Balaban J connectivity index is 1.60. The standard InChI is InChI=1S/C20H19Cl4N3O2/c21-15-5-2-1-4-14(15)18(29)25-19(20(22,23)24)26-9-12-8-13(11-26)16-6-3-7-17(28)27(16)10-12/h1-7,12-13,19H,8-11H2,(H,25,29)/t12-,13?,19?/m0/s1. The zero-order chi connectivity index (χ0) is 20.8. The molecular formula is C20H19Cl4N3O2. The summed E-state index contributed by atoms with van der Waals surface area (Å²) in [6, 6.07) is 12.1. The van der Waals surface area contributed by atoms with Gasteiger partial charge in [-0.2, -0.15) is 0 Å². The van der Waals surface area contributed by atoms with Crippen molar-refractivity contribution in [2.45, 2.75) is 28.8 Å². The van der Waals surface area contributed by atoms with Crippen molar-refractivity contribution in [1.82, 2.24) is 14.8 Å². The number of alkyl halides is 3. The van der Waals surface area contributed by atoms with Crippen LogP contribution in [0.25, 0.3) is 0 Å². The Morgan fingerprint density at radius 3 is 2.55 bits per heavy atom. The van der Waals surface area contributed by atoms with Crippen LogP contribution in [0, 0.1) is 5.92 Å². The van der Waals surface area contributed by atoms with Gasteiger partial charge in [-0.3, -0.25) is 14.5 Å². The van der Waals surface area contributed by atoms with Crippen molar-refractivity contribution in [2.24, 2.45) is 5.92 Å². The SMILES string of the molecule is O=C(NC(N1CC2C[C@@H](C1)Cn1c2cccc1=O)C(Cl)(Cl)Cl)c1ccccc1Cl. The summed E-state index contributed by atoms with van der Waals surface area (Å²) in [5, 5.41) is 3.18. The second-order valence-electron chi connectivity index (χ2n) is 7.55. The molecule has 1 amide bonds. The van der Waals surface area contributed by atoms with Crippen LogP contribution in [0.5, 0.6) is 0 Å².